The van der Waals surface area contributed by atoms with Crippen molar-refractivity contribution in [3.63, 3.8) is 0 Å². The Hall–Kier alpha value is -0.570. The van der Waals surface area contributed by atoms with Gasteiger partial charge in [-0.05, 0) is 13.3 Å². The summed E-state index contributed by atoms with van der Waals surface area (Å²) in [6.45, 7) is 2.04. The molecule has 0 saturated carbocycles. The molecule has 1 fully saturated rings. The Morgan fingerprint density at radius 3 is 2.67 bits per heavy atom. The average molecular weight is 129 g/mol. The third-order valence-electron chi connectivity index (χ3n) is 1.56. The minimum Gasteiger partial charge on any atom is -0.468 e. The Morgan fingerprint density at radius 1 is 1.78 bits per heavy atom. The first-order valence-electron chi connectivity index (χ1n) is 3.08. The number of carbonyl (C=O) groups is 1. The van der Waals surface area contributed by atoms with Gasteiger partial charge in [0, 0.05) is 6.04 Å². The van der Waals surface area contributed by atoms with Gasteiger partial charge in [0.1, 0.15) is 6.04 Å². The molecule has 52 valence electrons. The highest BCUT2D eigenvalue weighted by atomic mass is 16.5. The highest BCUT2D eigenvalue weighted by Crippen LogP contribution is 2.11. The monoisotopic (exact) mass is 129 g/mol. The van der Waals surface area contributed by atoms with E-state index in [1.807, 2.05) is 6.92 Å². The second-order valence-electron chi connectivity index (χ2n) is 2.38. The molecule has 0 amide bonds. The number of rotatable bonds is 1. The van der Waals surface area contributed by atoms with E-state index in [1.165, 1.54) is 7.11 Å². The SMILES string of the molecule is COC(=O)[C@@H]1C[C@@H](C)N1. The molecule has 1 heterocycles. The zero-order chi connectivity index (χ0) is 6.85. The number of ether oxygens (including phenoxy) is 1. The summed E-state index contributed by atoms with van der Waals surface area (Å²) in [4.78, 5) is 10.7. The smallest absolute Gasteiger partial charge is 0.322 e. The maximum atomic E-state index is 10.7. The molecule has 0 unspecified atom stereocenters. The van der Waals surface area contributed by atoms with Crippen LogP contribution >= 0.6 is 0 Å². The Kier molecular flexibility index (Phi) is 1.71. The van der Waals surface area contributed by atoms with E-state index in [0.29, 0.717) is 6.04 Å². The summed E-state index contributed by atoms with van der Waals surface area (Å²) in [5, 5.41) is 3.02. The second kappa shape index (κ2) is 2.35. The van der Waals surface area contributed by atoms with Crippen LogP contribution in [0.5, 0.6) is 0 Å². The van der Waals surface area contributed by atoms with Crippen LogP contribution in [0.2, 0.25) is 0 Å². The standard InChI is InChI=1S/C6H11NO2/c1-4-3-5(7-4)6(8)9-2/h4-5,7H,3H2,1-2H3/t4-,5+/m1/s1. The van der Waals surface area contributed by atoms with Crippen LogP contribution in [0.25, 0.3) is 0 Å². The van der Waals surface area contributed by atoms with Crippen LogP contribution in [-0.2, 0) is 9.53 Å². The number of nitrogens with one attached hydrogen (secondary N) is 1. The van der Waals surface area contributed by atoms with Crippen molar-refractivity contribution >= 4 is 5.97 Å². The zero-order valence-corrected chi connectivity index (χ0v) is 5.68. The Morgan fingerprint density at radius 2 is 2.33 bits per heavy atom. The van der Waals surface area contributed by atoms with Crippen molar-refractivity contribution in [2.45, 2.75) is 25.4 Å². The van der Waals surface area contributed by atoms with E-state index in [2.05, 4.69) is 10.1 Å². The van der Waals surface area contributed by atoms with Gasteiger partial charge in [0.15, 0.2) is 0 Å². The quantitative estimate of drug-likeness (QED) is 0.503. The van der Waals surface area contributed by atoms with E-state index in [0.717, 1.165) is 6.42 Å². The molecule has 0 aromatic carbocycles. The maximum absolute atomic E-state index is 10.7. The van der Waals surface area contributed by atoms with Crippen LogP contribution in [0.1, 0.15) is 13.3 Å². The molecular formula is C6H11NO2. The molecule has 1 saturated heterocycles. The van der Waals surface area contributed by atoms with Crippen molar-refractivity contribution in [2.24, 2.45) is 0 Å². The van der Waals surface area contributed by atoms with Crippen LogP contribution in [0.4, 0.5) is 0 Å². The summed E-state index contributed by atoms with van der Waals surface area (Å²) in [6, 6.07) is 0.444. The van der Waals surface area contributed by atoms with E-state index in [-0.39, 0.29) is 12.0 Å². The molecule has 0 bridgehead atoms. The number of hydrogen-bond acceptors (Lipinski definition) is 3. The first kappa shape index (κ1) is 6.55. The average Bonchev–Trinajstić information content (AvgIpc) is 1.79. The predicted octanol–water partition coefficient (Wildman–Crippen LogP) is -0.0902. The van der Waals surface area contributed by atoms with E-state index in [1.54, 1.807) is 0 Å². The molecule has 3 heteroatoms. The number of carbonyl (C=O) groups excluding carboxylic acids is 1. The molecule has 0 aromatic heterocycles. The number of hydrogen-bond donors (Lipinski definition) is 1. The normalized spacial score (nSPS) is 33.1. The van der Waals surface area contributed by atoms with Crippen molar-refractivity contribution in [1.82, 2.24) is 5.32 Å². The first-order chi connectivity index (χ1) is 4.24. The van der Waals surface area contributed by atoms with Gasteiger partial charge in [0.05, 0.1) is 7.11 Å². The van der Waals surface area contributed by atoms with Crippen LogP contribution < -0.4 is 5.32 Å². The minimum atomic E-state index is -0.145. The molecule has 1 aliphatic heterocycles. The van der Waals surface area contributed by atoms with Crippen LogP contribution in [0.3, 0.4) is 0 Å². The number of esters is 1. The van der Waals surface area contributed by atoms with Gasteiger partial charge in [-0.15, -0.1) is 0 Å². The summed E-state index contributed by atoms with van der Waals surface area (Å²) in [5.74, 6) is -0.145. The fourth-order valence-corrected chi connectivity index (χ4v) is 0.979. The van der Waals surface area contributed by atoms with Crippen LogP contribution in [-0.4, -0.2) is 25.2 Å². The van der Waals surface area contributed by atoms with Gasteiger partial charge in [-0.3, -0.25) is 4.79 Å². The molecule has 0 aliphatic carbocycles. The fourth-order valence-electron chi connectivity index (χ4n) is 0.979. The topological polar surface area (TPSA) is 38.3 Å². The van der Waals surface area contributed by atoms with Gasteiger partial charge >= 0.3 is 5.97 Å². The van der Waals surface area contributed by atoms with E-state index in [4.69, 9.17) is 0 Å². The van der Waals surface area contributed by atoms with Crippen molar-refractivity contribution < 1.29 is 9.53 Å². The van der Waals surface area contributed by atoms with Gasteiger partial charge in [-0.2, -0.15) is 0 Å². The third kappa shape index (κ3) is 1.21. The van der Waals surface area contributed by atoms with Crippen LogP contribution in [0, 0.1) is 0 Å². The van der Waals surface area contributed by atoms with Gasteiger partial charge in [-0.25, -0.2) is 0 Å². The van der Waals surface area contributed by atoms with Gasteiger partial charge in [-0.1, -0.05) is 0 Å². The lowest BCUT2D eigenvalue weighted by molar-refractivity contribution is -0.145. The van der Waals surface area contributed by atoms with Crippen molar-refractivity contribution in [3.05, 3.63) is 0 Å². The van der Waals surface area contributed by atoms with Gasteiger partial charge < -0.3 is 10.1 Å². The molecular weight excluding hydrogens is 118 g/mol. The van der Waals surface area contributed by atoms with E-state index >= 15 is 0 Å². The van der Waals surface area contributed by atoms with E-state index in [9.17, 15) is 4.79 Å². The molecule has 9 heavy (non-hydrogen) atoms. The zero-order valence-electron chi connectivity index (χ0n) is 5.68. The Balaban J connectivity index is 2.23. The Labute approximate surface area is 54.4 Å². The lowest BCUT2D eigenvalue weighted by Gasteiger charge is -2.32. The van der Waals surface area contributed by atoms with Gasteiger partial charge in [0.25, 0.3) is 0 Å². The lowest BCUT2D eigenvalue weighted by Crippen LogP contribution is -2.55. The maximum Gasteiger partial charge on any atom is 0.322 e. The number of methoxy groups -OCH3 is 1. The highest BCUT2D eigenvalue weighted by molar-refractivity contribution is 5.76. The summed E-state index contributed by atoms with van der Waals surface area (Å²) in [7, 11) is 1.41. The van der Waals surface area contributed by atoms with Gasteiger partial charge in [0.2, 0.25) is 0 Å². The molecule has 1 rings (SSSR count). The summed E-state index contributed by atoms with van der Waals surface area (Å²) in [5.41, 5.74) is 0. The van der Waals surface area contributed by atoms with Crippen molar-refractivity contribution in [1.29, 1.82) is 0 Å². The summed E-state index contributed by atoms with van der Waals surface area (Å²) >= 11 is 0. The molecule has 0 aromatic rings. The highest BCUT2D eigenvalue weighted by Gasteiger charge is 2.30. The molecule has 3 nitrogen and oxygen atoms in total. The predicted molar refractivity (Wildman–Crippen MR) is 33.0 cm³/mol. The largest absolute Gasteiger partial charge is 0.468 e. The Bertz CT molecular complexity index is 118. The van der Waals surface area contributed by atoms with Crippen molar-refractivity contribution in [2.75, 3.05) is 7.11 Å². The third-order valence-corrected chi connectivity index (χ3v) is 1.56. The second-order valence-corrected chi connectivity index (χ2v) is 2.38. The summed E-state index contributed by atoms with van der Waals surface area (Å²) in [6.07, 6.45) is 0.909. The minimum absolute atomic E-state index is 0.0370. The van der Waals surface area contributed by atoms with Crippen molar-refractivity contribution in [3.8, 4) is 0 Å². The molecule has 0 radical (unpaired) electrons. The fraction of sp³-hybridized carbons (Fsp3) is 0.833. The molecule has 1 aliphatic rings. The molecule has 0 spiro atoms. The van der Waals surface area contributed by atoms with E-state index < -0.39 is 0 Å². The lowest BCUT2D eigenvalue weighted by atomic mass is 9.99. The molecule has 1 N–H and O–H groups in total. The summed E-state index contributed by atoms with van der Waals surface area (Å²) < 4.78 is 4.50. The molecule has 2 atom stereocenters. The first-order valence-corrected chi connectivity index (χ1v) is 3.08. The van der Waals surface area contributed by atoms with Crippen LogP contribution in [0.15, 0.2) is 0 Å².